The lowest BCUT2D eigenvalue weighted by Crippen LogP contribution is -2.13. The number of hydrogen-bond donors (Lipinski definition) is 0. The Hall–Kier alpha value is -0.763. The van der Waals surface area contributed by atoms with E-state index in [-0.39, 0.29) is 0 Å². The number of rotatable bonds is 3. The van der Waals surface area contributed by atoms with Gasteiger partial charge in [0.25, 0.3) is 0 Å². The minimum Gasteiger partial charge on any atom is -0.547 e. The Morgan fingerprint density at radius 3 is 2.47 bits per heavy atom. The van der Waals surface area contributed by atoms with E-state index in [0.29, 0.717) is 0 Å². The third-order valence-corrected chi connectivity index (χ3v) is 4.46. The third-order valence-electron chi connectivity index (χ3n) is 3.73. The van der Waals surface area contributed by atoms with Crippen molar-refractivity contribution in [2.24, 2.45) is 0 Å². The molecule has 17 heavy (non-hydrogen) atoms. The molecule has 0 aliphatic heterocycles. The van der Waals surface area contributed by atoms with Crippen LogP contribution in [0.1, 0.15) is 49.1 Å². The van der Waals surface area contributed by atoms with Crippen molar-refractivity contribution < 1.29 is 4.43 Å². The summed E-state index contributed by atoms with van der Waals surface area (Å²) in [5, 5.41) is 0. The third kappa shape index (κ3) is 3.12. The van der Waals surface area contributed by atoms with E-state index < -0.39 is 9.04 Å². The van der Waals surface area contributed by atoms with E-state index in [2.05, 4.69) is 38.2 Å². The lowest BCUT2D eigenvalue weighted by Gasteiger charge is -2.25. The van der Waals surface area contributed by atoms with Crippen molar-refractivity contribution in [3.05, 3.63) is 29.3 Å². The molecule has 0 saturated heterocycles. The highest BCUT2D eigenvalue weighted by Crippen LogP contribution is 2.36. The van der Waals surface area contributed by atoms with Gasteiger partial charge in [-0.3, -0.25) is 0 Å². The first-order chi connectivity index (χ1) is 8.18. The molecule has 0 amide bonds. The zero-order chi connectivity index (χ0) is 12.3. The van der Waals surface area contributed by atoms with Gasteiger partial charge in [0.2, 0.25) is 9.04 Å². The summed E-state index contributed by atoms with van der Waals surface area (Å²) in [5.74, 6) is 1.91. The lowest BCUT2D eigenvalue weighted by atomic mass is 9.82. The van der Waals surface area contributed by atoms with Crippen LogP contribution in [-0.2, 0) is 0 Å². The fourth-order valence-electron chi connectivity index (χ4n) is 2.87. The second-order valence-electron chi connectivity index (χ2n) is 5.47. The predicted molar refractivity (Wildman–Crippen MR) is 76.5 cm³/mol. The monoisotopic (exact) mass is 248 g/mol. The zero-order valence-corrected chi connectivity index (χ0v) is 12.5. The highest BCUT2D eigenvalue weighted by atomic mass is 28.3. The SMILES string of the molecule is Cc1c(O[SiH](C)C)cccc1C1CCCCC1. The molecule has 1 aliphatic carbocycles. The van der Waals surface area contributed by atoms with Crippen LogP contribution in [-0.4, -0.2) is 9.04 Å². The van der Waals surface area contributed by atoms with Crippen LogP contribution in [0.2, 0.25) is 13.1 Å². The van der Waals surface area contributed by atoms with Crippen molar-refractivity contribution in [2.75, 3.05) is 0 Å². The molecule has 1 aromatic carbocycles. The summed E-state index contributed by atoms with van der Waals surface area (Å²) in [6, 6.07) is 6.61. The van der Waals surface area contributed by atoms with Crippen molar-refractivity contribution in [1.29, 1.82) is 0 Å². The standard InChI is InChI=1S/C15H24OSi/c1-12-14(13-8-5-4-6-9-13)10-7-11-15(12)16-17(2)3/h7,10-11,13,17H,4-6,8-9H2,1-3H3. The molecular weight excluding hydrogens is 224 g/mol. The van der Waals surface area contributed by atoms with Crippen LogP contribution in [0.4, 0.5) is 0 Å². The van der Waals surface area contributed by atoms with Gasteiger partial charge in [0.1, 0.15) is 5.75 Å². The summed E-state index contributed by atoms with van der Waals surface area (Å²) in [4.78, 5) is 0. The smallest absolute Gasteiger partial charge is 0.229 e. The van der Waals surface area contributed by atoms with E-state index in [1.54, 1.807) is 0 Å². The van der Waals surface area contributed by atoms with Gasteiger partial charge in [0.05, 0.1) is 0 Å². The average molecular weight is 248 g/mol. The summed E-state index contributed by atoms with van der Waals surface area (Å²) in [6.07, 6.45) is 6.94. The minimum atomic E-state index is -0.988. The topological polar surface area (TPSA) is 9.23 Å². The van der Waals surface area contributed by atoms with Gasteiger partial charge >= 0.3 is 0 Å². The highest BCUT2D eigenvalue weighted by molar-refractivity contribution is 6.49. The van der Waals surface area contributed by atoms with Crippen molar-refractivity contribution in [3.8, 4) is 5.75 Å². The minimum absolute atomic E-state index is 0.779. The molecule has 2 heteroatoms. The first kappa shape index (κ1) is 12.7. The Labute approximate surface area is 107 Å². The maximum atomic E-state index is 6.02. The number of hydrogen-bond acceptors (Lipinski definition) is 1. The fourth-order valence-corrected chi connectivity index (χ4v) is 3.63. The molecule has 0 aromatic heterocycles. The summed E-state index contributed by atoms with van der Waals surface area (Å²) in [7, 11) is -0.988. The second kappa shape index (κ2) is 5.72. The van der Waals surface area contributed by atoms with Gasteiger partial charge in [-0.05, 0) is 56.0 Å². The predicted octanol–water partition coefficient (Wildman–Crippen LogP) is 4.40. The van der Waals surface area contributed by atoms with Gasteiger partial charge in [-0.25, -0.2) is 0 Å². The van der Waals surface area contributed by atoms with Crippen LogP contribution in [0.3, 0.4) is 0 Å². The van der Waals surface area contributed by atoms with E-state index in [1.165, 1.54) is 43.2 Å². The largest absolute Gasteiger partial charge is 0.547 e. The maximum absolute atomic E-state index is 6.02. The molecule has 0 heterocycles. The van der Waals surface area contributed by atoms with E-state index >= 15 is 0 Å². The molecule has 0 radical (unpaired) electrons. The Bertz CT molecular complexity index is 367. The molecule has 94 valence electrons. The van der Waals surface area contributed by atoms with E-state index in [1.807, 2.05) is 0 Å². The van der Waals surface area contributed by atoms with Crippen molar-refractivity contribution in [2.45, 2.75) is 58.0 Å². The zero-order valence-electron chi connectivity index (χ0n) is 11.3. The Morgan fingerprint density at radius 1 is 1.12 bits per heavy atom. The van der Waals surface area contributed by atoms with E-state index in [4.69, 9.17) is 4.43 Å². The molecule has 1 aromatic rings. The summed E-state index contributed by atoms with van der Waals surface area (Å²) in [5.41, 5.74) is 2.93. The summed E-state index contributed by atoms with van der Waals surface area (Å²) >= 11 is 0. The molecule has 0 N–H and O–H groups in total. The molecule has 0 bridgehead atoms. The average Bonchev–Trinajstić information content (AvgIpc) is 2.32. The molecule has 0 spiro atoms. The van der Waals surface area contributed by atoms with Crippen LogP contribution >= 0.6 is 0 Å². The highest BCUT2D eigenvalue weighted by Gasteiger charge is 2.18. The molecule has 2 rings (SSSR count). The van der Waals surface area contributed by atoms with Crippen LogP contribution in [0, 0.1) is 6.92 Å². The quantitative estimate of drug-likeness (QED) is 0.720. The maximum Gasteiger partial charge on any atom is 0.229 e. The molecule has 1 fully saturated rings. The van der Waals surface area contributed by atoms with Gasteiger partial charge in [0, 0.05) is 0 Å². The lowest BCUT2D eigenvalue weighted by molar-refractivity contribution is 0.441. The van der Waals surface area contributed by atoms with E-state index in [0.717, 1.165) is 11.7 Å². The van der Waals surface area contributed by atoms with E-state index in [9.17, 15) is 0 Å². The normalized spacial score (nSPS) is 17.4. The molecule has 1 nitrogen and oxygen atoms in total. The molecule has 0 atom stereocenters. The van der Waals surface area contributed by atoms with Crippen LogP contribution in [0.15, 0.2) is 18.2 Å². The van der Waals surface area contributed by atoms with Crippen LogP contribution in [0.25, 0.3) is 0 Å². The Kier molecular flexibility index (Phi) is 4.27. The van der Waals surface area contributed by atoms with Gasteiger partial charge in [-0.1, -0.05) is 31.4 Å². The van der Waals surface area contributed by atoms with Gasteiger partial charge in [-0.15, -0.1) is 0 Å². The summed E-state index contributed by atoms with van der Waals surface area (Å²) < 4.78 is 6.02. The van der Waals surface area contributed by atoms with Gasteiger partial charge in [-0.2, -0.15) is 0 Å². The van der Waals surface area contributed by atoms with Crippen LogP contribution in [0.5, 0.6) is 5.75 Å². The molecule has 1 aliphatic rings. The molecule has 0 unspecified atom stereocenters. The van der Waals surface area contributed by atoms with Crippen LogP contribution < -0.4 is 4.43 Å². The van der Waals surface area contributed by atoms with Crippen molar-refractivity contribution in [1.82, 2.24) is 0 Å². The first-order valence-electron chi connectivity index (χ1n) is 6.94. The fraction of sp³-hybridized carbons (Fsp3) is 0.600. The number of benzene rings is 1. The first-order valence-corrected chi connectivity index (χ1v) is 9.72. The Balaban J connectivity index is 2.21. The second-order valence-corrected chi connectivity index (χ2v) is 7.81. The van der Waals surface area contributed by atoms with Crippen molar-refractivity contribution in [3.63, 3.8) is 0 Å². The summed E-state index contributed by atoms with van der Waals surface area (Å²) in [6.45, 7) is 6.69. The molecular formula is C15H24OSi. The Morgan fingerprint density at radius 2 is 1.82 bits per heavy atom. The van der Waals surface area contributed by atoms with Gasteiger partial charge in [0.15, 0.2) is 0 Å². The van der Waals surface area contributed by atoms with Gasteiger partial charge < -0.3 is 4.43 Å². The van der Waals surface area contributed by atoms with Crippen molar-refractivity contribution >= 4 is 9.04 Å². The molecule has 1 saturated carbocycles.